The second-order valence-electron chi connectivity index (χ2n) is 10.1. The van der Waals surface area contributed by atoms with E-state index in [2.05, 4.69) is 0 Å². The largest absolute Gasteiger partial charge is 0.453 e. The summed E-state index contributed by atoms with van der Waals surface area (Å²) in [6.45, 7) is 7.14. The molecule has 0 radical (unpaired) electrons. The van der Waals surface area contributed by atoms with E-state index in [1.807, 2.05) is 31.7 Å². The lowest BCUT2D eigenvalue weighted by molar-refractivity contribution is -0.133. The normalized spacial score (nSPS) is 22.2. The Morgan fingerprint density at radius 1 is 1.13 bits per heavy atom. The van der Waals surface area contributed by atoms with E-state index in [1.54, 1.807) is 12.1 Å². The van der Waals surface area contributed by atoms with Crippen molar-refractivity contribution in [2.75, 3.05) is 13.1 Å². The van der Waals surface area contributed by atoms with Gasteiger partial charge in [0.25, 0.3) is 0 Å². The summed E-state index contributed by atoms with van der Waals surface area (Å²) in [4.78, 5) is 28.4. The topological polar surface area (TPSA) is 70.7 Å². The standard InChI is InChI=1S/C25H33NO4/c1-25(2,3)24(29)23-20(19-12-16(15-27)8-9-21(19)30-23)13-22(28)26-11-10-17-6-4-5-7-18(17)14-26/h8-9,12,17-18,27H,4-7,10-11,13-15H2,1-3H3/t17-,18+/m0/s1. The van der Waals surface area contributed by atoms with E-state index >= 15 is 0 Å². The number of rotatable bonds is 4. The quantitative estimate of drug-likeness (QED) is 0.738. The van der Waals surface area contributed by atoms with Crippen molar-refractivity contribution in [3.8, 4) is 0 Å². The van der Waals surface area contributed by atoms with Crippen molar-refractivity contribution in [2.45, 2.75) is 65.9 Å². The van der Waals surface area contributed by atoms with Crippen LogP contribution in [0.15, 0.2) is 22.6 Å². The summed E-state index contributed by atoms with van der Waals surface area (Å²) >= 11 is 0. The lowest BCUT2D eigenvalue weighted by Crippen LogP contribution is -2.45. The van der Waals surface area contributed by atoms with Gasteiger partial charge >= 0.3 is 0 Å². The molecule has 2 fully saturated rings. The molecule has 0 unspecified atom stereocenters. The zero-order valence-corrected chi connectivity index (χ0v) is 18.4. The van der Waals surface area contributed by atoms with Crippen molar-refractivity contribution in [1.82, 2.24) is 4.90 Å². The smallest absolute Gasteiger partial charge is 0.227 e. The number of amides is 1. The monoisotopic (exact) mass is 411 g/mol. The number of fused-ring (bicyclic) bond motifs is 2. The third kappa shape index (κ3) is 4.04. The molecule has 2 heterocycles. The predicted octanol–water partition coefficient (Wildman–Crippen LogP) is 4.74. The minimum Gasteiger partial charge on any atom is -0.453 e. The average Bonchev–Trinajstić information content (AvgIpc) is 3.09. The van der Waals surface area contributed by atoms with Crippen LogP contribution in [0.5, 0.6) is 0 Å². The van der Waals surface area contributed by atoms with Gasteiger partial charge in [-0.1, -0.05) is 46.1 Å². The van der Waals surface area contributed by atoms with E-state index in [1.165, 1.54) is 25.7 Å². The van der Waals surface area contributed by atoms with Crippen LogP contribution in [-0.2, 0) is 17.8 Å². The number of aliphatic hydroxyl groups excluding tert-OH is 1. The summed E-state index contributed by atoms with van der Waals surface area (Å²) in [7, 11) is 0. The lowest BCUT2D eigenvalue weighted by Gasteiger charge is -2.41. The first-order valence-corrected chi connectivity index (χ1v) is 11.3. The van der Waals surface area contributed by atoms with Crippen LogP contribution in [0.1, 0.15) is 74.6 Å². The number of hydrogen-bond donors (Lipinski definition) is 1. The number of hydrogen-bond acceptors (Lipinski definition) is 4. The van der Waals surface area contributed by atoms with Crippen molar-refractivity contribution in [3.63, 3.8) is 0 Å². The van der Waals surface area contributed by atoms with E-state index in [9.17, 15) is 14.7 Å². The molecule has 1 amide bonds. The minimum absolute atomic E-state index is 0.0686. The summed E-state index contributed by atoms with van der Waals surface area (Å²) in [6.07, 6.45) is 6.36. The van der Waals surface area contributed by atoms with Crippen LogP contribution in [0, 0.1) is 17.3 Å². The van der Waals surface area contributed by atoms with Crippen molar-refractivity contribution >= 4 is 22.7 Å². The highest BCUT2D eigenvalue weighted by atomic mass is 16.3. The Morgan fingerprint density at radius 3 is 2.57 bits per heavy atom. The fraction of sp³-hybridized carbons (Fsp3) is 0.600. The number of carbonyl (C=O) groups excluding carboxylic acids is 2. The maximum Gasteiger partial charge on any atom is 0.227 e. The number of aliphatic hydroxyl groups is 1. The van der Waals surface area contributed by atoms with Crippen LogP contribution in [0.2, 0.25) is 0 Å². The van der Waals surface area contributed by atoms with Gasteiger partial charge in [-0.25, -0.2) is 0 Å². The number of carbonyl (C=O) groups is 2. The zero-order chi connectivity index (χ0) is 21.5. The molecule has 1 aliphatic heterocycles. The highest BCUT2D eigenvalue weighted by molar-refractivity contribution is 6.04. The van der Waals surface area contributed by atoms with Gasteiger partial charge < -0.3 is 14.4 Å². The first-order valence-electron chi connectivity index (χ1n) is 11.3. The third-order valence-corrected chi connectivity index (χ3v) is 6.90. The maximum absolute atomic E-state index is 13.3. The fourth-order valence-electron chi connectivity index (χ4n) is 5.08. The molecule has 0 bridgehead atoms. The zero-order valence-electron chi connectivity index (χ0n) is 18.4. The molecule has 5 heteroatoms. The fourth-order valence-corrected chi connectivity index (χ4v) is 5.08. The van der Waals surface area contributed by atoms with E-state index in [4.69, 9.17) is 4.42 Å². The Bertz CT molecular complexity index is 952. The Morgan fingerprint density at radius 2 is 1.87 bits per heavy atom. The second kappa shape index (κ2) is 8.18. The Labute approximate surface area is 178 Å². The van der Waals surface area contributed by atoms with Gasteiger partial charge in [-0.15, -0.1) is 0 Å². The number of Topliss-reactive ketones (excluding diaryl/α,β-unsaturated/α-hetero) is 1. The molecule has 1 aromatic heterocycles. The van der Waals surface area contributed by atoms with Crippen LogP contribution in [0.4, 0.5) is 0 Å². The number of nitrogens with zero attached hydrogens (tertiary/aromatic N) is 1. The van der Waals surface area contributed by atoms with Gasteiger partial charge in [-0.2, -0.15) is 0 Å². The number of piperidine rings is 1. The summed E-state index contributed by atoms with van der Waals surface area (Å²) < 4.78 is 5.96. The van der Waals surface area contributed by atoms with Crippen molar-refractivity contribution < 1.29 is 19.1 Å². The van der Waals surface area contributed by atoms with Crippen LogP contribution in [0.3, 0.4) is 0 Å². The van der Waals surface area contributed by atoms with Crippen LogP contribution < -0.4 is 0 Å². The first-order chi connectivity index (χ1) is 14.3. The van der Waals surface area contributed by atoms with Gasteiger partial charge in [-0.3, -0.25) is 9.59 Å². The van der Waals surface area contributed by atoms with E-state index in [-0.39, 0.29) is 30.5 Å². The second-order valence-corrected chi connectivity index (χ2v) is 10.1. The molecule has 2 aromatic rings. The summed E-state index contributed by atoms with van der Waals surface area (Å²) in [6, 6.07) is 5.41. The predicted molar refractivity (Wildman–Crippen MR) is 116 cm³/mol. The van der Waals surface area contributed by atoms with Crippen LogP contribution in [-0.4, -0.2) is 34.8 Å². The SMILES string of the molecule is CC(C)(C)C(=O)c1oc2ccc(CO)cc2c1CC(=O)N1CC[C@@H]2CCCC[C@@H]2C1. The van der Waals surface area contributed by atoms with E-state index < -0.39 is 5.41 Å². The van der Waals surface area contributed by atoms with Crippen LogP contribution >= 0.6 is 0 Å². The van der Waals surface area contributed by atoms with E-state index in [0.29, 0.717) is 17.1 Å². The van der Waals surface area contributed by atoms with Crippen molar-refractivity contribution in [1.29, 1.82) is 0 Å². The molecule has 1 aliphatic carbocycles. The molecule has 5 nitrogen and oxygen atoms in total. The molecule has 1 saturated heterocycles. The summed E-state index contributed by atoms with van der Waals surface area (Å²) in [5, 5.41) is 10.3. The number of benzene rings is 1. The molecular formula is C25H33NO4. The van der Waals surface area contributed by atoms with Gasteiger partial charge in [0.1, 0.15) is 5.58 Å². The Hall–Kier alpha value is -2.14. The van der Waals surface area contributed by atoms with Crippen LogP contribution in [0.25, 0.3) is 11.0 Å². The van der Waals surface area contributed by atoms with Crippen molar-refractivity contribution in [2.24, 2.45) is 17.3 Å². The van der Waals surface area contributed by atoms with Gasteiger partial charge in [0.05, 0.1) is 13.0 Å². The number of likely N-dealkylation sites (tertiary alicyclic amines) is 1. The Kier molecular flexibility index (Phi) is 5.75. The van der Waals surface area contributed by atoms with Gasteiger partial charge in [-0.05, 0) is 42.4 Å². The first kappa shape index (κ1) is 21.1. The molecule has 1 saturated carbocycles. The third-order valence-electron chi connectivity index (χ3n) is 6.90. The molecule has 2 aliphatic rings. The van der Waals surface area contributed by atoms with Crippen molar-refractivity contribution in [3.05, 3.63) is 35.1 Å². The lowest BCUT2D eigenvalue weighted by atomic mass is 9.75. The summed E-state index contributed by atoms with van der Waals surface area (Å²) in [5.74, 6) is 1.64. The van der Waals surface area contributed by atoms with Gasteiger partial charge in [0.2, 0.25) is 11.7 Å². The molecule has 30 heavy (non-hydrogen) atoms. The molecule has 1 N–H and O–H groups in total. The average molecular weight is 412 g/mol. The van der Waals surface area contributed by atoms with E-state index in [0.717, 1.165) is 36.4 Å². The minimum atomic E-state index is -0.605. The highest BCUT2D eigenvalue weighted by Gasteiger charge is 2.35. The highest BCUT2D eigenvalue weighted by Crippen LogP contribution is 2.37. The molecule has 162 valence electrons. The molecular weight excluding hydrogens is 378 g/mol. The van der Waals surface area contributed by atoms with Gasteiger partial charge in [0, 0.05) is 29.5 Å². The maximum atomic E-state index is 13.3. The number of furan rings is 1. The molecule has 1 aromatic carbocycles. The molecule has 2 atom stereocenters. The van der Waals surface area contributed by atoms with Gasteiger partial charge in [0.15, 0.2) is 5.76 Å². The molecule has 0 spiro atoms. The molecule has 4 rings (SSSR count). The number of ketones is 1. The summed E-state index contributed by atoms with van der Waals surface area (Å²) in [5.41, 5.74) is 1.39. The Balaban J connectivity index is 1.64.